The van der Waals surface area contributed by atoms with Crippen LogP contribution >= 0.6 is 0 Å². The molecule has 2 aromatic rings. The van der Waals surface area contributed by atoms with E-state index in [1.54, 1.807) is 0 Å². The summed E-state index contributed by atoms with van der Waals surface area (Å²) in [4.78, 5) is 4.41. The van der Waals surface area contributed by atoms with Crippen molar-refractivity contribution in [2.75, 3.05) is 0 Å². The van der Waals surface area contributed by atoms with Crippen LogP contribution in [0.3, 0.4) is 0 Å². The van der Waals surface area contributed by atoms with Gasteiger partial charge in [-0.1, -0.05) is 24.3 Å². The first-order chi connectivity index (χ1) is 9.24. The van der Waals surface area contributed by atoms with Gasteiger partial charge < -0.3 is 10.5 Å². The molecule has 98 valence electrons. The normalized spacial score (nSPS) is 15.3. The maximum absolute atomic E-state index is 6.31. The molecule has 0 fully saturated rings. The van der Waals surface area contributed by atoms with Gasteiger partial charge in [0.15, 0.2) is 0 Å². The Balaban J connectivity index is 1.81. The Kier molecular flexibility index (Phi) is 3.32. The standard InChI is InChI=1S/C16H18N2O/c1-11-3-2-6-18-16(11)8-15(17)12-4-5-13-9-19-10-14(13)7-12/h2-7,15H,8-10,17H2,1H3. The molecule has 0 saturated carbocycles. The Morgan fingerprint density at radius 1 is 1.26 bits per heavy atom. The minimum Gasteiger partial charge on any atom is -0.372 e. The molecule has 0 amide bonds. The molecule has 1 aliphatic rings. The first kappa shape index (κ1) is 12.3. The Labute approximate surface area is 113 Å². The van der Waals surface area contributed by atoms with Gasteiger partial charge in [-0.3, -0.25) is 4.98 Å². The molecule has 0 aliphatic carbocycles. The third kappa shape index (κ3) is 2.53. The van der Waals surface area contributed by atoms with Gasteiger partial charge in [0, 0.05) is 24.4 Å². The number of nitrogens with zero attached hydrogens (tertiary/aromatic N) is 1. The first-order valence-corrected chi connectivity index (χ1v) is 6.59. The molecular formula is C16H18N2O. The van der Waals surface area contributed by atoms with Gasteiger partial charge in [0.05, 0.1) is 13.2 Å². The third-order valence-corrected chi connectivity index (χ3v) is 3.70. The highest BCUT2D eigenvalue weighted by Crippen LogP contribution is 2.24. The Hall–Kier alpha value is -1.71. The average Bonchev–Trinajstić information content (AvgIpc) is 2.88. The van der Waals surface area contributed by atoms with E-state index in [4.69, 9.17) is 10.5 Å². The lowest BCUT2D eigenvalue weighted by Gasteiger charge is -2.14. The fourth-order valence-corrected chi connectivity index (χ4v) is 2.48. The Morgan fingerprint density at radius 2 is 2.11 bits per heavy atom. The molecule has 1 atom stereocenters. The van der Waals surface area contributed by atoms with Crippen molar-refractivity contribution in [3.63, 3.8) is 0 Å². The van der Waals surface area contributed by atoms with Crippen LogP contribution in [0.15, 0.2) is 36.5 Å². The number of hydrogen-bond acceptors (Lipinski definition) is 3. The molecule has 19 heavy (non-hydrogen) atoms. The van der Waals surface area contributed by atoms with Crippen LogP contribution in [0.4, 0.5) is 0 Å². The van der Waals surface area contributed by atoms with Crippen molar-refractivity contribution in [3.05, 3.63) is 64.5 Å². The van der Waals surface area contributed by atoms with E-state index in [1.807, 2.05) is 12.3 Å². The molecule has 0 radical (unpaired) electrons. The lowest BCUT2D eigenvalue weighted by molar-refractivity contribution is 0.134. The number of pyridine rings is 1. The number of nitrogens with two attached hydrogens (primary N) is 1. The summed E-state index contributed by atoms with van der Waals surface area (Å²) in [5, 5.41) is 0. The number of rotatable bonds is 3. The lowest BCUT2D eigenvalue weighted by atomic mass is 9.97. The second kappa shape index (κ2) is 5.11. The van der Waals surface area contributed by atoms with Gasteiger partial charge in [0.2, 0.25) is 0 Å². The quantitative estimate of drug-likeness (QED) is 0.916. The van der Waals surface area contributed by atoms with E-state index in [1.165, 1.54) is 16.7 Å². The van der Waals surface area contributed by atoms with Gasteiger partial charge >= 0.3 is 0 Å². The van der Waals surface area contributed by atoms with E-state index in [2.05, 4.69) is 36.2 Å². The molecule has 2 heterocycles. The predicted octanol–water partition coefficient (Wildman–Crippen LogP) is 2.66. The van der Waals surface area contributed by atoms with Gasteiger partial charge in [0.1, 0.15) is 0 Å². The molecule has 1 aromatic carbocycles. The second-order valence-electron chi connectivity index (χ2n) is 5.10. The Morgan fingerprint density at radius 3 is 2.95 bits per heavy atom. The molecule has 3 rings (SSSR count). The summed E-state index contributed by atoms with van der Waals surface area (Å²) < 4.78 is 5.43. The largest absolute Gasteiger partial charge is 0.372 e. The molecule has 1 aliphatic heterocycles. The fourth-order valence-electron chi connectivity index (χ4n) is 2.48. The van der Waals surface area contributed by atoms with Crippen molar-refractivity contribution in [3.8, 4) is 0 Å². The number of hydrogen-bond donors (Lipinski definition) is 1. The van der Waals surface area contributed by atoms with Gasteiger partial charge in [-0.15, -0.1) is 0 Å². The predicted molar refractivity (Wildman–Crippen MR) is 74.5 cm³/mol. The summed E-state index contributed by atoms with van der Waals surface area (Å²) in [6, 6.07) is 10.4. The van der Waals surface area contributed by atoms with Crippen LogP contribution < -0.4 is 5.73 Å². The SMILES string of the molecule is Cc1cccnc1CC(N)c1ccc2c(c1)COC2. The number of aromatic nitrogens is 1. The van der Waals surface area contributed by atoms with Crippen LogP contribution in [0.5, 0.6) is 0 Å². The third-order valence-electron chi connectivity index (χ3n) is 3.70. The van der Waals surface area contributed by atoms with Gasteiger partial charge in [-0.05, 0) is 35.2 Å². The van der Waals surface area contributed by atoms with Crippen LogP contribution in [0.1, 0.15) is 34.0 Å². The Bertz CT molecular complexity index is 595. The zero-order valence-corrected chi connectivity index (χ0v) is 11.1. The van der Waals surface area contributed by atoms with Gasteiger partial charge in [-0.2, -0.15) is 0 Å². The molecule has 1 aromatic heterocycles. The maximum Gasteiger partial charge on any atom is 0.0725 e. The second-order valence-corrected chi connectivity index (χ2v) is 5.10. The summed E-state index contributed by atoms with van der Waals surface area (Å²) in [5.74, 6) is 0. The van der Waals surface area contributed by atoms with Crippen LogP contribution in [0.25, 0.3) is 0 Å². The smallest absolute Gasteiger partial charge is 0.0725 e. The van der Waals surface area contributed by atoms with Crippen LogP contribution in [-0.2, 0) is 24.4 Å². The van der Waals surface area contributed by atoms with Crippen molar-refractivity contribution in [2.45, 2.75) is 32.6 Å². The summed E-state index contributed by atoms with van der Waals surface area (Å²) in [7, 11) is 0. The summed E-state index contributed by atoms with van der Waals surface area (Å²) in [5.41, 5.74) is 12.3. The topological polar surface area (TPSA) is 48.1 Å². The fraction of sp³-hybridized carbons (Fsp3) is 0.312. The minimum absolute atomic E-state index is 0.0144. The molecule has 3 nitrogen and oxygen atoms in total. The van der Waals surface area contributed by atoms with Crippen molar-refractivity contribution in [2.24, 2.45) is 5.73 Å². The molecular weight excluding hydrogens is 236 g/mol. The van der Waals surface area contributed by atoms with E-state index >= 15 is 0 Å². The molecule has 3 heteroatoms. The lowest BCUT2D eigenvalue weighted by Crippen LogP contribution is -2.15. The molecule has 2 N–H and O–H groups in total. The van der Waals surface area contributed by atoms with Crippen LogP contribution in [0, 0.1) is 6.92 Å². The van der Waals surface area contributed by atoms with E-state index in [0.29, 0.717) is 6.61 Å². The summed E-state index contributed by atoms with van der Waals surface area (Å²) in [6.07, 6.45) is 2.60. The molecule has 0 spiro atoms. The van der Waals surface area contributed by atoms with Gasteiger partial charge in [-0.25, -0.2) is 0 Å². The molecule has 0 bridgehead atoms. The van der Waals surface area contributed by atoms with Crippen LogP contribution in [-0.4, -0.2) is 4.98 Å². The highest BCUT2D eigenvalue weighted by Gasteiger charge is 2.15. The number of benzene rings is 1. The first-order valence-electron chi connectivity index (χ1n) is 6.59. The highest BCUT2D eigenvalue weighted by atomic mass is 16.5. The number of fused-ring (bicyclic) bond motifs is 1. The number of ether oxygens (including phenoxy) is 1. The monoisotopic (exact) mass is 254 g/mol. The zero-order chi connectivity index (χ0) is 13.2. The average molecular weight is 254 g/mol. The molecule has 1 unspecified atom stereocenters. The van der Waals surface area contributed by atoms with E-state index in [9.17, 15) is 0 Å². The van der Waals surface area contributed by atoms with E-state index in [-0.39, 0.29) is 6.04 Å². The summed E-state index contributed by atoms with van der Waals surface area (Å²) >= 11 is 0. The van der Waals surface area contributed by atoms with Crippen molar-refractivity contribution < 1.29 is 4.74 Å². The van der Waals surface area contributed by atoms with E-state index < -0.39 is 0 Å². The van der Waals surface area contributed by atoms with Crippen LogP contribution in [0.2, 0.25) is 0 Å². The summed E-state index contributed by atoms with van der Waals surface area (Å²) in [6.45, 7) is 3.51. The van der Waals surface area contributed by atoms with Gasteiger partial charge in [0.25, 0.3) is 0 Å². The highest BCUT2D eigenvalue weighted by molar-refractivity contribution is 5.35. The van der Waals surface area contributed by atoms with E-state index in [0.717, 1.165) is 24.3 Å². The minimum atomic E-state index is -0.0144. The zero-order valence-electron chi connectivity index (χ0n) is 11.1. The maximum atomic E-state index is 6.31. The van der Waals surface area contributed by atoms with Crippen molar-refractivity contribution in [1.82, 2.24) is 4.98 Å². The van der Waals surface area contributed by atoms with Crippen molar-refractivity contribution in [1.29, 1.82) is 0 Å². The number of aryl methyl sites for hydroxylation is 1. The van der Waals surface area contributed by atoms with Crippen molar-refractivity contribution >= 4 is 0 Å². The molecule has 0 saturated heterocycles.